The number of nitrogens with one attached hydrogen (secondary N) is 1. The van der Waals surface area contributed by atoms with Crippen molar-refractivity contribution in [2.75, 3.05) is 18.5 Å². The third kappa shape index (κ3) is 3.37. The Hall–Kier alpha value is -2.50. The number of amides is 2. The number of carbonyl (C=O) groups excluding carboxylic acids is 1. The number of carbonyl (C=O) groups is 1. The number of ether oxygens (including phenoxy) is 1. The number of aryl methyl sites for hydroxylation is 1. The molecule has 1 unspecified atom stereocenters. The van der Waals surface area contributed by atoms with Crippen molar-refractivity contribution < 1.29 is 14.1 Å². The molecule has 6 heteroatoms. The van der Waals surface area contributed by atoms with E-state index in [1.54, 1.807) is 0 Å². The van der Waals surface area contributed by atoms with Crippen LogP contribution in [-0.2, 0) is 6.42 Å². The number of nitrogens with zero attached hydrogens (tertiary/aromatic N) is 2. The molecule has 0 aliphatic carbocycles. The molecule has 0 saturated carbocycles. The standard InChI is InChI=1S/C18H23N3O3/c1-3-13-12-17(24-20-13)15-9-7-11-21(15)18(22)19-14-8-5-6-10-16(14)23-4-2/h5-6,8,10,12,15H,3-4,7,9,11H2,1-2H3,(H,19,22). The van der Waals surface area contributed by atoms with Gasteiger partial charge in [0, 0.05) is 12.6 Å². The highest BCUT2D eigenvalue weighted by Gasteiger charge is 2.33. The van der Waals surface area contributed by atoms with Crippen molar-refractivity contribution in [2.45, 2.75) is 39.2 Å². The van der Waals surface area contributed by atoms with E-state index in [0.717, 1.165) is 30.7 Å². The Balaban J connectivity index is 1.74. The fraction of sp³-hybridized carbons (Fsp3) is 0.444. The van der Waals surface area contributed by atoms with Crippen LogP contribution in [0.15, 0.2) is 34.9 Å². The lowest BCUT2D eigenvalue weighted by molar-refractivity contribution is 0.195. The minimum absolute atomic E-state index is 0.0583. The van der Waals surface area contributed by atoms with Crippen LogP contribution in [-0.4, -0.2) is 29.2 Å². The Labute approximate surface area is 141 Å². The number of anilines is 1. The number of urea groups is 1. The molecule has 1 saturated heterocycles. The molecule has 6 nitrogen and oxygen atoms in total. The van der Waals surface area contributed by atoms with Crippen LogP contribution in [0.5, 0.6) is 5.75 Å². The van der Waals surface area contributed by atoms with E-state index in [-0.39, 0.29) is 12.1 Å². The number of rotatable bonds is 5. The monoisotopic (exact) mass is 329 g/mol. The fourth-order valence-electron chi connectivity index (χ4n) is 3.00. The molecule has 2 aromatic rings. The lowest BCUT2D eigenvalue weighted by atomic mass is 10.1. The zero-order valence-corrected chi connectivity index (χ0v) is 14.1. The van der Waals surface area contributed by atoms with Gasteiger partial charge < -0.3 is 19.5 Å². The second-order valence-electron chi connectivity index (χ2n) is 5.78. The summed E-state index contributed by atoms with van der Waals surface area (Å²) >= 11 is 0. The van der Waals surface area contributed by atoms with Crippen LogP contribution in [0, 0.1) is 0 Å². The lowest BCUT2D eigenvalue weighted by Gasteiger charge is -2.23. The maximum Gasteiger partial charge on any atom is 0.322 e. The van der Waals surface area contributed by atoms with Gasteiger partial charge in [-0.05, 0) is 38.3 Å². The molecular weight excluding hydrogens is 306 g/mol. The van der Waals surface area contributed by atoms with Gasteiger partial charge >= 0.3 is 6.03 Å². The van der Waals surface area contributed by atoms with Gasteiger partial charge in [-0.1, -0.05) is 24.2 Å². The van der Waals surface area contributed by atoms with E-state index in [1.165, 1.54) is 0 Å². The summed E-state index contributed by atoms with van der Waals surface area (Å²) in [6.07, 6.45) is 2.66. The van der Waals surface area contributed by atoms with Crippen molar-refractivity contribution >= 4 is 11.7 Å². The van der Waals surface area contributed by atoms with Gasteiger partial charge in [-0.3, -0.25) is 0 Å². The highest BCUT2D eigenvalue weighted by atomic mass is 16.5. The van der Waals surface area contributed by atoms with Crippen molar-refractivity contribution in [2.24, 2.45) is 0 Å². The Bertz CT molecular complexity index is 698. The van der Waals surface area contributed by atoms with E-state index in [2.05, 4.69) is 10.5 Å². The number of para-hydroxylation sites is 2. The number of aromatic nitrogens is 1. The quantitative estimate of drug-likeness (QED) is 0.900. The largest absolute Gasteiger partial charge is 0.492 e. The van der Waals surface area contributed by atoms with Crippen LogP contribution in [0.3, 0.4) is 0 Å². The molecule has 3 rings (SSSR count). The van der Waals surface area contributed by atoms with Gasteiger partial charge in [0.25, 0.3) is 0 Å². The van der Waals surface area contributed by atoms with Crippen molar-refractivity contribution in [3.63, 3.8) is 0 Å². The molecule has 2 heterocycles. The molecule has 1 aliphatic rings. The van der Waals surface area contributed by atoms with Crippen molar-refractivity contribution in [1.29, 1.82) is 0 Å². The number of hydrogen-bond acceptors (Lipinski definition) is 4. The third-order valence-electron chi connectivity index (χ3n) is 4.21. The lowest BCUT2D eigenvalue weighted by Crippen LogP contribution is -2.34. The molecule has 1 aliphatic heterocycles. The topological polar surface area (TPSA) is 67.6 Å². The maximum atomic E-state index is 12.7. The van der Waals surface area contributed by atoms with Gasteiger partial charge in [-0.25, -0.2) is 4.79 Å². The van der Waals surface area contributed by atoms with Crippen molar-refractivity contribution in [1.82, 2.24) is 10.1 Å². The van der Waals surface area contributed by atoms with Gasteiger partial charge in [0.2, 0.25) is 0 Å². The summed E-state index contributed by atoms with van der Waals surface area (Å²) < 4.78 is 11.0. The smallest absolute Gasteiger partial charge is 0.322 e. The first-order valence-electron chi connectivity index (χ1n) is 8.47. The molecule has 128 valence electrons. The third-order valence-corrected chi connectivity index (χ3v) is 4.21. The van der Waals surface area contributed by atoms with Gasteiger partial charge in [-0.15, -0.1) is 0 Å². The molecule has 1 aromatic carbocycles. The molecule has 0 bridgehead atoms. The molecule has 1 fully saturated rings. The zero-order valence-electron chi connectivity index (χ0n) is 14.1. The Morgan fingerprint density at radius 2 is 2.25 bits per heavy atom. The molecule has 0 spiro atoms. The van der Waals surface area contributed by atoms with Crippen LogP contribution in [0.1, 0.15) is 44.2 Å². The summed E-state index contributed by atoms with van der Waals surface area (Å²) in [5.74, 6) is 1.44. The predicted octanol–water partition coefficient (Wildman–Crippen LogP) is 4.00. The van der Waals surface area contributed by atoms with Gasteiger partial charge in [0.1, 0.15) is 5.75 Å². The second kappa shape index (κ2) is 7.38. The van der Waals surface area contributed by atoms with Crippen molar-refractivity contribution in [3.8, 4) is 5.75 Å². The first kappa shape index (κ1) is 16.4. The Morgan fingerprint density at radius 3 is 3.00 bits per heavy atom. The molecule has 24 heavy (non-hydrogen) atoms. The summed E-state index contributed by atoms with van der Waals surface area (Å²) in [5.41, 5.74) is 1.60. The number of benzene rings is 1. The summed E-state index contributed by atoms with van der Waals surface area (Å²) in [6, 6.07) is 9.21. The molecule has 1 N–H and O–H groups in total. The van der Waals surface area contributed by atoms with E-state index < -0.39 is 0 Å². The summed E-state index contributed by atoms with van der Waals surface area (Å²) in [5, 5.41) is 7.00. The average Bonchev–Trinajstić information content (AvgIpc) is 3.25. The van der Waals surface area contributed by atoms with Crippen LogP contribution < -0.4 is 10.1 Å². The predicted molar refractivity (Wildman–Crippen MR) is 91.2 cm³/mol. The van der Waals surface area contributed by atoms with Crippen LogP contribution >= 0.6 is 0 Å². The summed E-state index contributed by atoms with van der Waals surface area (Å²) in [7, 11) is 0. The number of likely N-dealkylation sites (tertiary alicyclic amines) is 1. The SMILES string of the molecule is CCOc1ccccc1NC(=O)N1CCCC1c1cc(CC)no1. The van der Waals surface area contributed by atoms with E-state index in [9.17, 15) is 4.79 Å². The molecule has 2 amide bonds. The zero-order chi connectivity index (χ0) is 16.9. The highest BCUT2D eigenvalue weighted by Crippen LogP contribution is 2.33. The van der Waals surface area contributed by atoms with E-state index in [1.807, 2.05) is 49.1 Å². The van der Waals surface area contributed by atoms with Gasteiger partial charge in [0.15, 0.2) is 5.76 Å². The fourth-order valence-corrected chi connectivity index (χ4v) is 3.00. The molecule has 1 aromatic heterocycles. The van der Waals surface area contributed by atoms with Crippen LogP contribution in [0.4, 0.5) is 10.5 Å². The first-order chi connectivity index (χ1) is 11.7. The average molecular weight is 329 g/mol. The highest BCUT2D eigenvalue weighted by molar-refractivity contribution is 5.91. The number of hydrogen-bond donors (Lipinski definition) is 1. The van der Waals surface area contributed by atoms with Crippen molar-refractivity contribution in [3.05, 3.63) is 41.8 Å². The Kier molecular flexibility index (Phi) is 5.03. The van der Waals surface area contributed by atoms with Crippen LogP contribution in [0.2, 0.25) is 0 Å². The van der Waals surface area contributed by atoms with E-state index in [4.69, 9.17) is 9.26 Å². The summed E-state index contributed by atoms with van der Waals surface area (Å²) in [6.45, 7) is 5.21. The van der Waals surface area contributed by atoms with Gasteiger partial charge in [-0.2, -0.15) is 0 Å². The molecular formula is C18H23N3O3. The normalized spacial score (nSPS) is 17.1. The minimum Gasteiger partial charge on any atom is -0.492 e. The van der Waals surface area contributed by atoms with Crippen LogP contribution in [0.25, 0.3) is 0 Å². The first-order valence-corrected chi connectivity index (χ1v) is 8.47. The second-order valence-corrected chi connectivity index (χ2v) is 5.78. The Morgan fingerprint density at radius 1 is 1.42 bits per heavy atom. The van der Waals surface area contributed by atoms with E-state index in [0.29, 0.717) is 24.6 Å². The van der Waals surface area contributed by atoms with E-state index >= 15 is 0 Å². The minimum atomic E-state index is -0.140. The van der Waals surface area contributed by atoms with Gasteiger partial charge in [0.05, 0.1) is 24.0 Å². The summed E-state index contributed by atoms with van der Waals surface area (Å²) in [4.78, 5) is 14.5. The molecule has 0 radical (unpaired) electrons. The maximum absolute atomic E-state index is 12.7. The molecule has 1 atom stereocenters.